The highest BCUT2D eigenvalue weighted by Gasteiger charge is 2.19. The molecule has 1 aromatic carbocycles. The number of hydrogen-bond acceptors (Lipinski definition) is 6. The van der Waals surface area contributed by atoms with Crippen molar-refractivity contribution in [3.63, 3.8) is 0 Å². The van der Waals surface area contributed by atoms with Gasteiger partial charge < -0.3 is 14.3 Å². The van der Waals surface area contributed by atoms with E-state index >= 15 is 0 Å². The number of methoxy groups -OCH3 is 1. The molecule has 0 amide bonds. The SMILES string of the molecule is COCCc1nc2scc(-c3ccc(F)cc3)c2c(=O)n1Cc1ccc(C(=O)O)o1. The maximum atomic E-state index is 13.4. The zero-order valence-electron chi connectivity index (χ0n) is 15.9. The standard InChI is InChI=1S/C21H17FN2O5S/c1-28-9-8-17-23-19-18(15(11-30-19)12-2-4-13(22)5-3-12)20(25)24(17)10-14-6-7-16(29-14)21(26)27/h2-7,11H,8-10H2,1H3,(H,26,27). The number of aromatic carboxylic acids is 1. The lowest BCUT2D eigenvalue weighted by molar-refractivity contribution is 0.0660. The van der Waals surface area contributed by atoms with Gasteiger partial charge in [0.2, 0.25) is 5.76 Å². The van der Waals surface area contributed by atoms with E-state index in [1.54, 1.807) is 19.2 Å². The molecule has 3 aromatic heterocycles. The lowest BCUT2D eigenvalue weighted by Crippen LogP contribution is -2.26. The van der Waals surface area contributed by atoms with Crippen LogP contribution in [0.3, 0.4) is 0 Å². The Bertz CT molecular complexity index is 1270. The number of carboxylic acids is 1. The van der Waals surface area contributed by atoms with Gasteiger partial charge in [-0.15, -0.1) is 11.3 Å². The second kappa shape index (κ2) is 8.21. The Labute approximate surface area is 174 Å². The summed E-state index contributed by atoms with van der Waals surface area (Å²) in [6.45, 7) is 0.402. The molecule has 4 aromatic rings. The molecule has 0 aliphatic heterocycles. The highest BCUT2D eigenvalue weighted by Crippen LogP contribution is 2.31. The van der Waals surface area contributed by atoms with E-state index in [9.17, 15) is 14.0 Å². The Balaban J connectivity index is 1.85. The van der Waals surface area contributed by atoms with Gasteiger partial charge in [0.1, 0.15) is 22.2 Å². The smallest absolute Gasteiger partial charge is 0.371 e. The molecule has 9 heteroatoms. The van der Waals surface area contributed by atoms with Crippen LogP contribution in [-0.2, 0) is 17.7 Å². The number of carboxylic acid groups (broad SMARTS) is 1. The van der Waals surface area contributed by atoms with Gasteiger partial charge in [-0.25, -0.2) is 14.2 Å². The number of nitrogens with zero attached hydrogens (tertiary/aromatic N) is 2. The summed E-state index contributed by atoms with van der Waals surface area (Å²) in [5.74, 6) is -0.906. The molecular weight excluding hydrogens is 411 g/mol. The maximum absolute atomic E-state index is 13.4. The molecular formula is C21H17FN2O5S. The third-order valence-electron chi connectivity index (χ3n) is 4.64. The second-order valence-electron chi connectivity index (χ2n) is 6.57. The number of hydrogen-bond donors (Lipinski definition) is 1. The largest absolute Gasteiger partial charge is 0.475 e. The van der Waals surface area contributed by atoms with Crippen LogP contribution in [-0.4, -0.2) is 34.3 Å². The summed E-state index contributed by atoms with van der Waals surface area (Å²) in [6, 6.07) is 8.78. The lowest BCUT2D eigenvalue weighted by Gasteiger charge is -2.12. The molecule has 3 heterocycles. The Morgan fingerprint density at radius 3 is 2.70 bits per heavy atom. The van der Waals surface area contributed by atoms with Crippen molar-refractivity contribution in [2.75, 3.05) is 13.7 Å². The van der Waals surface area contributed by atoms with E-state index in [1.165, 1.54) is 40.2 Å². The molecule has 0 aliphatic carbocycles. The average molecular weight is 428 g/mol. The molecule has 1 N–H and O–H groups in total. The number of rotatable bonds is 7. The first kappa shape index (κ1) is 20.0. The molecule has 30 heavy (non-hydrogen) atoms. The minimum atomic E-state index is -1.18. The summed E-state index contributed by atoms with van der Waals surface area (Å²) < 4.78 is 25.2. The molecule has 0 radical (unpaired) electrons. The highest BCUT2D eigenvalue weighted by atomic mass is 32.1. The van der Waals surface area contributed by atoms with E-state index in [4.69, 9.17) is 14.3 Å². The van der Waals surface area contributed by atoms with Gasteiger partial charge in [0.15, 0.2) is 0 Å². The summed E-state index contributed by atoms with van der Waals surface area (Å²) >= 11 is 1.34. The fourth-order valence-electron chi connectivity index (χ4n) is 3.19. The quantitative estimate of drug-likeness (QED) is 0.481. The predicted octanol–water partition coefficient (Wildman–Crippen LogP) is 3.79. The minimum Gasteiger partial charge on any atom is -0.475 e. The Kier molecular flexibility index (Phi) is 5.47. The van der Waals surface area contributed by atoms with Gasteiger partial charge in [0.25, 0.3) is 5.56 Å². The molecule has 4 rings (SSSR count). The van der Waals surface area contributed by atoms with E-state index in [-0.39, 0.29) is 23.7 Å². The van der Waals surface area contributed by atoms with Crippen LogP contribution in [0.15, 0.2) is 51.0 Å². The van der Waals surface area contributed by atoms with Crippen LogP contribution < -0.4 is 5.56 Å². The van der Waals surface area contributed by atoms with E-state index < -0.39 is 5.97 Å². The van der Waals surface area contributed by atoms with Crippen LogP contribution >= 0.6 is 11.3 Å². The normalized spacial score (nSPS) is 11.3. The summed E-state index contributed by atoms with van der Waals surface area (Å²) in [6.07, 6.45) is 0.401. The molecule has 0 fully saturated rings. The number of aromatic nitrogens is 2. The van der Waals surface area contributed by atoms with Crippen molar-refractivity contribution in [3.05, 3.63) is 75.3 Å². The molecule has 154 valence electrons. The molecule has 0 atom stereocenters. The molecule has 0 spiro atoms. The van der Waals surface area contributed by atoms with E-state index in [0.717, 1.165) is 0 Å². The topological polar surface area (TPSA) is 94.6 Å². The third-order valence-corrected chi connectivity index (χ3v) is 5.52. The molecule has 0 aliphatic rings. The lowest BCUT2D eigenvalue weighted by atomic mass is 10.1. The number of halogens is 1. The van der Waals surface area contributed by atoms with Crippen molar-refractivity contribution >= 4 is 27.5 Å². The number of thiophene rings is 1. The number of benzene rings is 1. The van der Waals surface area contributed by atoms with Gasteiger partial charge in [-0.05, 0) is 29.8 Å². The van der Waals surface area contributed by atoms with Crippen molar-refractivity contribution in [2.24, 2.45) is 0 Å². The van der Waals surface area contributed by atoms with Gasteiger partial charge in [0, 0.05) is 24.5 Å². The monoisotopic (exact) mass is 428 g/mol. The first-order valence-corrected chi connectivity index (χ1v) is 9.93. The fraction of sp³-hybridized carbons (Fsp3) is 0.190. The van der Waals surface area contributed by atoms with E-state index in [2.05, 4.69) is 4.98 Å². The Morgan fingerprint density at radius 2 is 2.03 bits per heavy atom. The highest BCUT2D eigenvalue weighted by molar-refractivity contribution is 7.17. The Morgan fingerprint density at radius 1 is 1.27 bits per heavy atom. The van der Waals surface area contributed by atoms with E-state index in [1.807, 2.05) is 5.38 Å². The number of furan rings is 1. The summed E-state index contributed by atoms with van der Waals surface area (Å²) in [5.41, 5.74) is 1.11. The number of ether oxygens (including phenoxy) is 1. The first-order chi connectivity index (χ1) is 14.5. The van der Waals surface area contributed by atoms with Crippen molar-refractivity contribution in [2.45, 2.75) is 13.0 Å². The van der Waals surface area contributed by atoms with Gasteiger partial charge in [-0.3, -0.25) is 9.36 Å². The zero-order valence-corrected chi connectivity index (χ0v) is 16.7. The van der Waals surface area contributed by atoms with Gasteiger partial charge in [0.05, 0.1) is 18.5 Å². The van der Waals surface area contributed by atoms with Crippen LogP contribution in [0.5, 0.6) is 0 Å². The van der Waals surface area contributed by atoms with Crippen LogP contribution in [0, 0.1) is 5.82 Å². The molecule has 0 unspecified atom stereocenters. The second-order valence-corrected chi connectivity index (χ2v) is 7.43. The van der Waals surface area contributed by atoms with Crippen molar-refractivity contribution in [3.8, 4) is 11.1 Å². The van der Waals surface area contributed by atoms with Gasteiger partial charge >= 0.3 is 5.97 Å². The van der Waals surface area contributed by atoms with Crippen molar-refractivity contribution < 1.29 is 23.4 Å². The van der Waals surface area contributed by atoms with Gasteiger partial charge in [-0.2, -0.15) is 0 Å². The first-order valence-electron chi connectivity index (χ1n) is 9.05. The molecule has 0 saturated heterocycles. The van der Waals surface area contributed by atoms with Crippen LogP contribution in [0.4, 0.5) is 4.39 Å². The fourth-order valence-corrected chi connectivity index (χ4v) is 4.15. The zero-order chi connectivity index (χ0) is 21.3. The Hall–Kier alpha value is -3.30. The predicted molar refractivity (Wildman–Crippen MR) is 110 cm³/mol. The van der Waals surface area contributed by atoms with Crippen LogP contribution in [0.2, 0.25) is 0 Å². The van der Waals surface area contributed by atoms with Crippen LogP contribution in [0.25, 0.3) is 21.3 Å². The van der Waals surface area contributed by atoms with Crippen molar-refractivity contribution in [1.29, 1.82) is 0 Å². The molecule has 7 nitrogen and oxygen atoms in total. The average Bonchev–Trinajstić information content (AvgIpc) is 3.37. The van der Waals surface area contributed by atoms with Crippen LogP contribution in [0.1, 0.15) is 22.1 Å². The molecule has 0 bridgehead atoms. The summed E-state index contributed by atoms with van der Waals surface area (Å²) in [5, 5.41) is 11.3. The summed E-state index contributed by atoms with van der Waals surface area (Å²) in [7, 11) is 1.56. The third kappa shape index (κ3) is 3.77. The van der Waals surface area contributed by atoms with E-state index in [0.29, 0.717) is 46.0 Å². The van der Waals surface area contributed by atoms with Crippen molar-refractivity contribution in [1.82, 2.24) is 9.55 Å². The van der Waals surface area contributed by atoms with Gasteiger partial charge in [-0.1, -0.05) is 12.1 Å². The molecule has 0 saturated carbocycles. The maximum Gasteiger partial charge on any atom is 0.371 e. The minimum absolute atomic E-state index is 0.0345. The summed E-state index contributed by atoms with van der Waals surface area (Å²) in [4.78, 5) is 29.7. The number of fused-ring (bicyclic) bond motifs is 1. The number of carbonyl (C=O) groups is 1.